The van der Waals surface area contributed by atoms with Crippen molar-refractivity contribution in [2.24, 2.45) is 0 Å². The second-order valence-electron chi connectivity index (χ2n) is 4.27. The molecule has 0 radical (unpaired) electrons. The lowest BCUT2D eigenvalue weighted by atomic mass is 10.1. The summed E-state index contributed by atoms with van der Waals surface area (Å²) in [5.74, 6) is 0. The molecule has 0 unspecified atom stereocenters. The molecule has 1 N–H and O–H groups in total. The lowest BCUT2D eigenvalue weighted by molar-refractivity contribution is 1.42. The van der Waals surface area contributed by atoms with E-state index >= 15 is 0 Å². The van der Waals surface area contributed by atoms with E-state index in [-0.39, 0.29) is 0 Å². The highest BCUT2D eigenvalue weighted by atomic mass is 14.8. The summed E-state index contributed by atoms with van der Waals surface area (Å²) >= 11 is 0. The van der Waals surface area contributed by atoms with Gasteiger partial charge in [0.25, 0.3) is 0 Å². The molecule has 0 aliphatic heterocycles. The molecule has 2 heteroatoms. The Morgan fingerprint density at radius 2 is 1.65 bits per heavy atom. The van der Waals surface area contributed by atoms with E-state index in [4.69, 9.17) is 0 Å². The standard InChI is InChI=1S/C15H10N2/c1-2-5-11-9-14-12(8-10(11)4-1)15-13(17-14)6-3-7-16-15/h1-9,17H. The van der Waals surface area contributed by atoms with E-state index in [9.17, 15) is 0 Å². The molecular formula is C15H10N2. The highest BCUT2D eigenvalue weighted by Crippen LogP contribution is 2.27. The van der Waals surface area contributed by atoms with Crippen LogP contribution in [-0.2, 0) is 0 Å². The van der Waals surface area contributed by atoms with Crippen molar-refractivity contribution >= 4 is 32.7 Å². The molecule has 0 spiro atoms. The largest absolute Gasteiger partial charge is 0.353 e. The Morgan fingerprint density at radius 1 is 0.824 bits per heavy atom. The zero-order valence-electron chi connectivity index (χ0n) is 9.14. The second kappa shape index (κ2) is 3.08. The molecule has 0 aliphatic rings. The summed E-state index contributed by atoms with van der Waals surface area (Å²) in [5, 5.41) is 3.71. The van der Waals surface area contributed by atoms with Gasteiger partial charge in [-0.05, 0) is 35.0 Å². The van der Waals surface area contributed by atoms with Crippen molar-refractivity contribution in [3.63, 3.8) is 0 Å². The van der Waals surface area contributed by atoms with Crippen molar-refractivity contribution in [1.82, 2.24) is 9.97 Å². The number of aromatic nitrogens is 2. The fourth-order valence-electron chi connectivity index (χ4n) is 2.41. The van der Waals surface area contributed by atoms with Crippen LogP contribution in [0.5, 0.6) is 0 Å². The van der Waals surface area contributed by atoms with Gasteiger partial charge in [-0.3, -0.25) is 4.98 Å². The van der Waals surface area contributed by atoms with Crippen molar-refractivity contribution in [3.8, 4) is 0 Å². The fourth-order valence-corrected chi connectivity index (χ4v) is 2.41. The third-order valence-corrected chi connectivity index (χ3v) is 3.22. The summed E-state index contributed by atoms with van der Waals surface area (Å²) in [6.07, 6.45) is 1.84. The zero-order chi connectivity index (χ0) is 11.2. The van der Waals surface area contributed by atoms with Gasteiger partial charge in [0.1, 0.15) is 0 Å². The van der Waals surface area contributed by atoms with Crippen LogP contribution in [0.25, 0.3) is 32.7 Å². The van der Waals surface area contributed by atoms with E-state index in [1.165, 1.54) is 16.2 Å². The molecule has 4 aromatic rings. The minimum absolute atomic E-state index is 1.05. The molecule has 0 bridgehead atoms. The SMILES string of the molecule is c1ccc2cc3c(cc2c1)[nH]c1cccnc13. The molecule has 80 valence electrons. The minimum atomic E-state index is 1.05. The fraction of sp³-hybridized carbons (Fsp3) is 0. The van der Waals surface area contributed by atoms with Gasteiger partial charge in [-0.25, -0.2) is 0 Å². The average molecular weight is 218 g/mol. The number of nitrogens with one attached hydrogen (secondary N) is 1. The molecule has 0 saturated carbocycles. The van der Waals surface area contributed by atoms with Crippen LogP contribution in [0.15, 0.2) is 54.7 Å². The Morgan fingerprint density at radius 3 is 2.53 bits per heavy atom. The van der Waals surface area contributed by atoms with Gasteiger partial charge in [0.2, 0.25) is 0 Å². The summed E-state index contributed by atoms with van der Waals surface area (Å²) < 4.78 is 0. The zero-order valence-corrected chi connectivity index (χ0v) is 9.14. The van der Waals surface area contributed by atoms with E-state index < -0.39 is 0 Å². The number of nitrogens with zero attached hydrogens (tertiary/aromatic N) is 1. The molecule has 17 heavy (non-hydrogen) atoms. The number of aromatic amines is 1. The summed E-state index contributed by atoms with van der Waals surface area (Å²) in [5.41, 5.74) is 3.29. The molecule has 0 atom stereocenters. The lowest BCUT2D eigenvalue weighted by Crippen LogP contribution is -1.74. The average Bonchev–Trinajstić information content (AvgIpc) is 2.73. The summed E-state index contributed by atoms with van der Waals surface area (Å²) in [6.45, 7) is 0. The van der Waals surface area contributed by atoms with E-state index in [2.05, 4.69) is 52.4 Å². The van der Waals surface area contributed by atoms with Gasteiger partial charge in [-0.2, -0.15) is 0 Å². The van der Waals surface area contributed by atoms with Crippen molar-refractivity contribution < 1.29 is 0 Å². The second-order valence-corrected chi connectivity index (χ2v) is 4.27. The Labute approximate surface area is 97.9 Å². The van der Waals surface area contributed by atoms with Gasteiger partial charge in [0.15, 0.2) is 0 Å². The smallest absolute Gasteiger partial charge is 0.0957 e. The van der Waals surface area contributed by atoms with Gasteiger partial charge in [-0.1, -0.05) is 24.3 Å². The van der Waals surface area contributed by atoms with Crippen LogP contribution in [0.4, 0.5) is 0 Å². The van der Waals surface area contributed by atoms with Crippen molar-refractivity contribution in [2.75, 3.05) is 0 Å². The van der Waals surface area contributed by atoms with Gasteiger partial charge in [0, 0.05) is 17.1 Å². The molecular weight excluding hydrogens is 208 g/mol. The van der Waals surface area contributed by atoms with Gasteiger partial charge in [-0.15, -0.1) is 0 Å². The summed E-state index contributed by atoms with van der Waals surface area (Å²) in [6, 6.07) is 16.8. The number of hydrogen-bond donors (Lipinski definition) is 1. The maximum Gasteiger partial charge on any atom is 0.0957 e. The highest BCUT2D eigenvalue weighted by molar-refractivity contribution is 6.10. The third-order valence-electron chi connectivity index (χ3n) is 3.22. The predicted molar refractivity (Wildman–Crippen MR) is 71.1 cm³/mol. The van der Waals surface area contributed by atoms with Crippen LogP contribution in [0, 0.1) is 0 Å². The Kier molecular flexibility index (Phi) is 1.59. The molecule has 4 rings (SSSR count). The van der Waals surface area contributed by atoms with Crippen molar-refractivity contribution in [2.45, 2.75) is 0 Å². The normalized spacial score (nSPS) is 11.5. The first-order chi connectivity index (χ1) is 8.42. The molecule has 2 aromatic carbocycles. The lowest BCUT2D eigenvalue weighted by Gasteiger charge is -1.97. The highest BCUT2D eigenvalue weighted by Gasteiger charge is 2.05. The van der Waals surface area contributed by atoms with E-state index in [1.54, 1.807) is 0 Å². The van der Waals surface area contributed by atoms with Gasteiger partial charge < -0.3 is 4.98 Å². The van der Waals surface area contributed by atoms with Crippen molar-refractivity contribution in [1.29, 1.82) is 0 Å². The molecule has 2 nitrogen and oxygen atoms in total. The predicted octanol–water partition coefficient (Wildman–Crippen LogP) is 3.87. The minimum Gasteiger partial charge on any atom is -0.353 e. The monoisotopic (exact) mass is 218 g/mol. The van der Waals surface area contributed by atoms with E-state index in [0.29, 0.717) is 0 Å². The first-order valence-electron chi connectivity index (χ1n) is 5.67. The number of pyridine rings is 1. The quantitative estimate of drug-likeness (QED) is 0.477. The number of fused-ring (bicyclic) bond motifs is 4. The molecule has 0 amide bonds. The Hall–Kier alpha value is -2.35. The van der Waals surface area contributed by atoms with Crippen LogP contribution < -0.4 is 0 Å². The molecule has 2 heterocycles. The number of H-pyrrole nitrogens is 1. The Balaban J connectivity index is 2.28. The first-order valence-corrected chi connectivity index (χ1v) is 5.67. The maximum atomic E-state index is 4.44. The van der Waals surface area contributed by atoms with Crippen molar-refractivity contribution in [3.05, 3.63) is 54.7 Å². The van der Waals surface area contributed by atoms with E-state index in [1.807, 2.05) is 12.3 Å². The van der Waals surface area contributed by atoms with Gasteiger partial charge in [0.05, 0.1) is 11.0 Å². The number of hydrogen-bond acceptors (Lipinski definition) is 1. The molecule has 0 saturated heterocycles. The van der Waals surface area contributed by atoms with Crippen LogP contribution in [-0.4, -0.2) is 9.97 Å². The first kappa shape index (κ1) is 8.76. The molecule has 0 aliphatic carbocycles. The third kappa shape index (κ3) is 1.18. The van der Waals surface area contributed by atoms with Crippen LogP contribution in [0.3, 0.4) is 0 Å². The maximum absolute atomic E-state index is 4.44. The van der Waals surface area contributed by atoms with E-state index in [0.717, 1.165) is 16.6 Å². The van der Waals surface area contributed by atoms with Crippen LogP contribution >= 0.6 is 0 Å². The topological polar surface area (TPSA) is 28.7 Å². The van der Waals surface area contributed by atoms with Crippen LogP contribution in [0.2, 0.25) is 0 Å². The van der Waals surface area contributed by atoms with Gasteiger partial charge >= 0.3 is 0 Å². The number of benzene rings is 2. The Bertz CT molecular complexity index is 837. The summed E-state index contributed by atoms with van der Waals surface area (Å²) in [4.78, 5) is 7.85. The number of rotatable bonds is 0. The van der Waals surface area contributed by atoms with Crippen LogP contribution in [0.1, 0.15) is 0 Å². The summed E-state index contributed by atoms with van der Waals surface area (Å²) in [7, 11) is 0. The molecule has 2 aromatic heterocycles. The molecule has 0 fully saturated rings.